The molecule has 2 aromatic carbocycles. The lowest BCUT2D eigenvalue weighted by atomic mass is 9.82. The molecule has 0 saturated heterocycles. The lowest BCUT2D eigenvalue weighted by Gasteiger charge is -2.35. The summed E-state index contributed by atoms with van der Waals surface area (Å²) in [5, 5.41) is -1.87. The first-order valence-corrected chi connectivity index (χ1v) is 12.8. The van der Waals surface area contributed by atoms with Gasteiger partial charge in [-0.25, -0.2) is 16.8 Å². The molecule has 0 amide bonds. The van der Waals surface area contributed by atoms with E-state index < -0.39 is 35.6 Å². The van der Waals surface area contributed by atoms with E-state index >= 15 is 0 Å². The molecule has 28 heavy (non-hydrogen) atoms. The quantitative estimate of drug-likeness (QED) is 0.716. The van der Waals surface area contributed by atoms with Crippen molar-refractivity contribution in [1.29, 1.82) is 0 Å². The van der Waals surface area contributed by atoms with E-state index in [9.17, 15) is 16.8 Å². The molecule has 0 heterocycles. The zero-order valence-electron chi connectivity index (χ0n) is 15.3. The third kappa shape index (κ3) is 2.28. The molecule has 0 N–H and O–H groups in total. The van der Waals surface area contributed by atoms with Crippen LogP contribution in [0, 0.1) is 17.3 Å². The molecular weight excluding hydrogens is 392 g/mol. The maximum Gasteiger partial charge on any atom is 0.183 e. The Hall–Kier alpha value is -1.92. The fraction of sp³-hybridized carbons (Fsp3) is 0.364. The van der Waals surface area contributed by atoms with Crippen LogP contribution in [-0.2, 0) is 19.7 Å². The van der Waals surface area contributed by atoms with Crippen LogP contribution in [0.25, 0.3) is 0 Å². The van der Waals surface area contributed by atoms with Crippen LogP contribution < -0.4 is 0 Å². The molecule has 2 fully saturated rings. The van der Waals surface area contributed by atoms with Crippen LogP contribution >= 0.6 is 0 Å². The fourth-order valence-corrected chi connectivity index (χ4v) is 11.2. The van der Waals surface area contributed by atoms with Crippen molar-refractivity contribution >= 4 is 19.7 Å². The molecule has 146 valence electrons. The highest BCUT2D eigenvalue weighted by Crippen LogP contribution is 2.66. The first-order chi connectivity index (χ1) is 13.4. The molecule has 0 aliphatic heterocycles. The Morgan fingerprint density at radius 1 is 0.786 bits per heavy atom. The van der Waals surface area contributed by atoms with Crippen molar-refractivity contribution in [3.63, 3.8) is 0 Å². The van der Waals surface area contributed by atoms with Crippen molar-refractivity contribution in [3.05, 3.63) is 72.8 Å². The SMILES string of the molecule is O=S(=O)(c1ccccc1)[C@@H]1[C@H]2C=C[C@@]3(CCC[C@@H]23)[C@@H]1S(=O)(=O)c1ccccc1. The van der Waals surface area contributed by atoms with E-state index in [1.807, 2.05) is 12.2 Å². The summed E-state index contributed by atoms with van der Waals surface area (Å²) in [5.41, 5.74) is -0.564. The van der Waals surface area contributed by atoms with Gasteiger partial charge < -0.3 is 0 Å². The molecule has 4 nitrogen and oxygen atoms in total. The van der Waals surface area contributed by atoms with E-state index in [0.29, 0.717) is 0 Å². The fourth-order valence-electron chi connectivity index (χ4n) is 5.92. The summed E-state index contributed by atoms with van der Waals surface area (Å²) < 4.78 is 54.8. The third-order valence-corrected chi connectivity index (χ3v) is 11.7. The Morgan fingerprint density at radius 2 is 1.36 bits per heavy atom. The van der Waals surface area contributed by atoms with Crippen LogP contribution in [0.2, 0.25) is 0 Å². The van der Waals surface area contributed by atoms with Gasteiger partial charge in [-0.15, -0.1) is 0 Å². The highest BCUT2D eigenvalue weighted by atomic mass is 32.2. The summed E-state index contributed by atoms with van der Waals surface area (Å²) in [6.45, 7) is 0. The molecule has 5 atom stereocenters. The average Bonchev–Trinajstić information content (AvgIpc) is 3.34. The molecule has 0 spiro atoms. The van der Waals surface area contributed by atoms with Crippen molar-refractivity contribution in [2.75, 3.05) is 0 Å². The van der Waals surface area contributed by atoms with Gasteiger partial charge in [-0.3, -0.25) is 0 Å². The van der Waals surface area contributed by atoms with Crippen molar-refractivity contribution in [1.82, 2.24) is 0 Å². The number of hydrogen-bond acceptors (Lipinski definition) is 4. The molecule has 0 radical (unpaired) electrons. The number of benzene rings is 2. The summed E-state index contributed by atoms with van der Waals surface area (Å²) in [7, 11) is -7.59. The van der Waals surface area contributed by atoms with E-state index in [1.165, 1.54) is 0 Å². The molecule has 2 aromatic rings. The lowest BCUT2D eigenvalue weighted by Crippen LogP contribution is -2.47. The molecule has 2 bridgehead atoms. The van der Waals surface area contributed by atoms with Gasteiger partial charge in [0.2, 0.25) is 0 Å². The van der Waals surface area contributed by atoms with Gasteiger partial charge in [-0.05, 0) is 48.9 Å². The van der Waals surface area contributed by atoms with Crippen molar-refractivity contribution in [2.24, 2.45) is 17.3 Å². The Balaban J connectivity index is 1.72. The summed E-state index contributed by atoms with van der Waals surface area (Å²) in [5.74, 6) is -0.143. The molecule has 6 heteroatoms. The van der Waals surface area contributed by atoms with E-state index in [-0.39, 0.29) is 21.6 Å². The molecule has 3 aliphatic rings. The van der Waals surface area contributed by atoms with E-state index in [2.05, 4.69) is 0 Å². The maximum absolute atomic E-state index is 13.8. The first kappa shape index (κ1) is 18.1. The second-order valence-corrected chi connectivity index (χ2v) is 12.3. The number of sulfone groups is 2. The van der Waals surface area contributed by atoms with Crippen LogP contribution in [0.4, 0.5) is 0 Å². The van der Waals surface area contributed by atoms with Crippen molar-refractivity contribution in [2.45, 2.75) is 39.6 Å². The second kappa shape index (κ2) is 6.04. The van der Waals surface area contributed by atoms with Crippen LogP contribution in [0.3, 0.4) is 0 Å². The normalized spacial score (nSPS) is 33.9. The van der Waals surface area contributed by atoms with Crippen LogP contribution in [-0.4, -0.2) is 27.3 Å². The summed E-state index contributed by atoms with van der Waals surface area (Å²) in [4.78, 5) is 0.429. The molecule has 5 rings (SSSR count). The molecule has 0 aromatic heterocycles. The molecule has 3 aliphatic carbocycles. The highest BCUT2D eigenvalue weighted by Gasteiger charge is 2.70. The molecule has 0 unspecified atom stereocenters. The van der Waals surface area contributed by atoms with Gasteiger partial charge in [0, 0.05) is 5.41 Å². The minimum atomic E-state index is -3.80. The largest absolute Gasteiger partial charge is 0.223 e. The zero-order chi connectivity index (χ0) is 19.6. The van der Waals surface area contributed by atoms with Gasteiger partial charge in [0.15, 0.2) is 19.7 Å². The minimum absolute atomic E-state index is 0.0967. The van der Waals surface area contributed by atoms with Gasteiger partial charge in [0.25, 0.3) is 0 Å². The van der Waals surface area contributed by atoms with E-state index in [4.69, 9.17) is 0 Å². The Morgan fingerprint density at radius 3 is 1.96 bits per heavy atom. The number of hydrogen-bond donors (Lipinski definition) is 0. The Bertz CT molecular complexity index is 1140. The molecular formula is C22H22O4S2. The predicted octanol–water partition coefficient (Wildman–Crippen LogP) is 3.66. The van der Waals surface area contributed by atoms with Crippen LogP contribution in [0.15, 0.2) is 82.6 Å². The lowest BCUT2D eigenvalue weighted by molar-refractivity contribution is 0.329. The standard InChI is InChI=1S/C22H22O4S2/c23-27(24,16-8-3-1-4-9-16)20-18-13-15-22(14-7-12-19(18)22)21(20)28(25,26)17-10-5-2-6-11-17/h1-6,8-11,13,15,18-21H,7,12,14H2/t18-,19-,20+,21+,22+/m0/s1. The number of allylic oxidation sites excluding steroid dienone is 2. The Kier molecular flexibility index (Phi) is 3.91. The monoisotopic (exact) mass is 414 g/mol. The second-order valence-electron chi connectivity index (χ2n) is 8.15. The third-order valence-electron chi connectivity index (χ3n) is 6.95. The summed E-state index contributed by atoms with van der Waals surface area (Å²) in [6, 6.07) is 16.6. The minimum Gasteiger partial charge on any atom is -0.223 e. The van der Waals surface area contributed by atoms with Crippen molar-refractivity contribution in [3.8, 4) is 0 Å². The van der Waals surface area contributed by atoms with Gasteiger partial charge in [0.05, 0.1) is 20.3 Å². The van der Waals surface area contributed by atoms with E-state index in [0.717, 1.165) is 19.3 Å². The highest BCUT2D eigenvalue weighted by molar-refractivity contribution is 7.96. The smallest absolute Gasteiger partial charge is 0.183 e. The Labute approximate surface area is 166 Å². The first-order valence-electron chi connectivity index (χ1n) is 9.66. The summed E-state index contributed by atoms with van der Waals surface area (Å²) in [6.07, 6.45) is 6.58. The van der Waals surface area contributed by atoms with Gasteiger partial charge in [-0.1, -0.05) is 55.0 Å². The maximum atomic E-state index is 13.8. The topological polar surface area (TPSA) is 68.3 Å². The molecule has 2 saturated carbocycles. The number of rotatable bonds is 4. The zero-order valence-corrected chi connectivity index (χ0v) is 16.9. The van der Waals surface area contributed by atoms with Gasteiger partial charge in [-0.2, -0.15) is 0 Å². The summed E-state index contributed by atoms with van der Waals surface area (Å²) >= 11 is 0. The van der Waals surface area contributed by atoms with Crippen LogP contribution in [0.1, 0.15) is 19.3 Å². The van der Waals surface area contributed by atoms with E-state index in [1.54, 1.807) is 60.7 Å². The van der Waals surface area contributed by atoms with Gasteiger partial charge >= 0.3 is 0 Å². The average molecular weight is 415 g/mol. The van der Waals surface area contributed by atoms with Gasteiger partial charge in [0.1, 0.15) is 0 Å². The van der Waals surface area contributed by atoms with Crippen LogP contribution in [0.5, 0.6) is 0 Å². The van der Waals surface area contributed by atoms with Crippen molar-refractivity contribution < 1.29 is 16.8 Å². The predicted molar refractivity (Wildman–Crippen MR) is 107 cm³/mol.